The van der Waals surface area contributed by atoms with Crippen molar-refractivity contribution < 1.29 is 4.74 Å². The molecule has 5 nitrogen and oxygen atoms in total. The van der Waals surface area contributed by atoms with Gasteiger partial charge in [-0.15, -0.1) is 0 Å². The van der Waals surface area contributed by atoms with Gasteiger partial charge in [0.15, 0.2) is 5.13 Å². The van der Waals surface area contributed by atoms with Crippen molar-refractivity contribution in [3.63, 3.8) is 0 Å². The maximum atomic E-state index is 5.44. The number of thiazole rings is 1. The molecule has 1 atom stereocenters. The second kappa shape index (κ2) is 5.27. The van der Waals surface area contributed by atoms with Gasteiger partial charge in [-0.2, -0.15) is 0 Å². The van der Waals surface area contributed by atoms with Crippen molar-refractivity contribution in [1.82, 2.24) is 14.9 Å². The van der Waals surface area contributed by atoms with Crippen molar-refractivity contribution >= 4 is 26.7 Å². The highest BCUT2D eigenvalue weighted by Crippen LogP contribution is 2.31. The summed E-state index contributed by atoms with van der Waals surface area (Å²) in [6, 6.07) is 2.70. The molecule has 4 heterocycles. The number of pyridine rings is 1. The summed E-state index contributed by atoms with van der Waals surface area (Å²) in [5, 5.41) is 1.14. The molecule has 106 valence electrons. The van der Waals surface area contributed by atoms with E-state index in [0.717, 1.165) is 50.0 Å². The van der Waals surface area contributed by atoms with Gasteiger partial charge in [0.1, 0.15) is 5.52 Å². The molecule has 0 aliphatic carbocycles. The van der Waals surface area contributed by atoms with Crippen LogP contribution in [0.2, 0.25) is 0 Å². The number of morpholine rings is 1. The summed E-state index contributed by atoms with van der Waals surface area (Å²) >= 11 is 1.77. The molecule has 2 fully saturated rings. The van der Waals surface area contributed by atoms with Crippen LogP contribution >= 0.6 is 11.3 Å². The summed E-state index contributed by atoms with van der Waals surface area (Å²) in [6.07, 6.45) is 4.92. The van der Waals surface area contributed by atoms with Gasteiger partial charge in [-0.25, -0.2) is 4.98 Å². The van der Waals surface area contributed by atoms with Crippen molar-refractivity contribution in [3.05, 3.63) is 18.5 Å². The average Bonchev–Trinajstić information content (AvgIpc) is 3.14. The third-order valence-corrected chi connectivity index (χ3v) is 5.27. The first-order valence-electron chi connectivity index (χ1n) is 7.17. The van der Waals surface area contributed by atoms with Gasteiger partial charge in [0.2, 0.25) is 0 Å². The van der Waals surface area contributed by atoms with Crippen LogP contribution in [-0.4, -0.2) is 60.3 Å². The number of anilines is 1. The minimum absolute atomic E-state index is 0.657. The van der Waals surface area contributed by atoms with E-state index in [2.05, 4.69) is 14.8 Å². The fourth-order valence-corrected chi connectivity index (χ4v) is 4.03. The molecule has 2 saturated heterocycles. The lowest BCUT2D eigenvalue weighted by atomic mass is 10.2. The Morgan fingerprint density at radius 2 is 2.15 bits per heavy atom. The Kier molecular flexibility index (Phi) is 3.29. The molecule has 0 saturated carbocycles. The molecule has 0 amide bonds. The molecule has 0 bridgehead atoms. The average molecular weight is 290 g/mol. The van der Waals surface area contributed by atoms with E-state index in [1.807, 2.05) is 18.5 Å². The zero-order chi connectivity index (χ0) is 13.4. The van der Waals surface area contributed by atoms with Crippen molar-refractivity contribution in [1.29, 1.82) is 0 Å². The van der Waals surface area contributed by atoms with Crippen LogP contribution in [-0.2, 0) is 4.74 Å². The number of nitrogens with zero attached hydrogens (tertiary/aromatic N) is 4. The number of hydrogen-bond acceptors (Lipinski definition) is 6. The minimum atomic E-state index is 0.657. The lowest BCUT2D eigenvalue weighted by Crippen LogP contribution is -2.44. The van der Waals surface area contributed by atoms with E-state index in [9.17, 15) is 0 Å². The summed E-state index contributed by atoms with van der Waals surface area (Å²) < 4.78 is 6.66. The number of rotatable bonds is 2. The largest absolute Gasteiger partial charge is 0.379 e. The summed E-state index contributed by atoms with van der Waals surface area (Å²) in [7, 11) is 0. The molecule has 0 radical (unpaired) electrons. The Labute approximate surface area is 122 Å². The van der Waals surface area contributed by atoms with Crippen molar-refractivity contribution in [2.45, 2.75) is 12.5 Å². The molecule has 2 aliphatic rings. The van der Waals surface area contributed by atoms with Crippen LogP contribution in [0.5, 0.6) is 0 Å². The van der Waals surface area contributed by atoms with Crippen LogP contribution in [0.15, 0.2) is 18.5 Å². The second-order valence-corrected chi connectivity index (χ2v) is 6.39. The van der Waals surface area contributed by atoms with Crippen LogP contribution in [0, 0.1) is 0 Å². The van der Waals surface area contributed by atoms with E-state index in [4.69, 9.17) is 9.72 Å². The van der Waals surface area contributed by atoms with Gasteiger partial charge in [0, 0.05) is 38.4 Å². The van der Waals surface area contributed by atoms with E-state index in [0.29, 0.717) is 6.04 Å². The van der Waals surface area contributed by atoms with Crippen LogP contribution < -0.4 is 4.90 Å². The van der Waals surface area contributed by atoms with Crippen LogP contribution in [0.3, 0.4) is 0 Å². The lowest BCUT2D eigenvalue weighted by molar-refractivity contribution is 0.0209. The molecule has 4 rings (SSSR count). The molecular weight excluding hydrogens is 272 g/mol. The van der Waals surface area contributed by atoms with Crippen LogP contribution in [0.1, 0.15) is 6.42 Å². The smallest absolute Gasteiger partial charge is 0.186 e. The summed E-state index contributed by atoms with van der Waals surface area (Å²) in [5.74, 6) is 0. The van der Waals surface area contributed by atoms with Gasteiger partial charge in [0.25, 0.3) is 0 Å². The first kappa shape index (κ1) is 12.5. The summed E-state index contributed by atoms with van der Waals surface area (Å²) in [6.45, 7) is 6.10. The summed E-state index contributed by atoms with van der Waals surface area (Å²) in [5.41, 5.74) is 1.02. The third-order valence-electron chi connectivity index (χ3n) is 4.17. The number of fused-ring (bicyclic) bond motifs is 1. The number of ether oxygens (including phenoxy) is 1. The van der Waals surface area contributed by atoms with Crippen molar-refractivity contribution in [2.24, 2.45) is 0 Å². The first-order chi connectivity index (χ1) is 9.90. The minimum Gasteiger partial charge on any atom is -0.379 e. The molecule has 2 aromatic rings. The molecule has 6 heteroatoms. The zero-order valence-electron chi connectivity index (χ0n) is 11.4. The Bertz CT molecular complexity index is 563. The standard InChI is InChI=1S/C14H18N4OS/c1-3-15-9-12-13(1)20-14(16-12)18-4-2-11(10-18)17-5-7-19-8-6-17/h1,3,9,11H,2,4-8,10H2. The Morgan fingerprint density at radius 1 is 1.25 bits per heavy atom. The van der Waals surface area contributed by atoms with E-state index in [1.165, 1.54) is 11.1 Å². The maximum absolute atomic E-state index is 5.44. The molecule has 1 unspecified atom stereocenters. The predicted octanol–water partition coefficient (Wildman–Crippen LogP) is 1.60. The second-order valence-electron chi connectivity index (χ2n) is 5.38. The van der Waals surface area contributed by atoms with Gasteiger partial charge >= 0.3 is 0 Å². The Hall–Kier alpha value is -1.24. The van der Waals surface area contributed by atoms with E-state index in [-0.39, 0.29) is 0 Å². The number of hydrogen-bond donors (Lipinski definition) is 0. The van der Waals surface area contributed by atoms with Crippen LogP contribution in [0.4, 0.5) is 5.13 Å². The molecule has 20 heavy (non-hydrogen) atoms. The fourth-order valence-electron chi connectivity index (χ4n) is 3.06. The molecular formula is C14H18N4OS. The van der Waals surface area contributed by atoms with E-state index < -0.39 is 0 Å². The van der Waals surface area contributed by atoms with Crippen LogP contribution in [0.25, 0.3) is 10.2 Å². The highest BCUT2D eigenvalue weighted by molar-refractivity contribution is 7.22. The predicted molar refractivity (Wildman–Crippen MR) is 80.4 cm³/mol. The monoisotopic (exact) mass is 290 g/mol. The number of aromatic nitrogens is 2. The van der Waals surface area contributed by atoms with E-state index >= 15 is 0 Å². The highest BCUT2D eigenvalue weighted by atomic mass is 32.1. The van der Waals surface area contributed by atoms with E-state index in [1.54, 1.807) is 11.3 Å². The first-order valence-corrected chi connectivity index (χ1v) is 7.99. The highest BCUT2D eigenvalue weighted by Gasteiger charge is 2.30. The van der Waals surface area contributed by atoms with Crippen molar-refractivity contribution in [3.8, 4) is 0 Å². The van der Waals surface area contributed by atoms with Crippen molar-refractivity contribution in [2.75, 3.05) is 44.3 Å². The third kappa shape index (κ3) is 2.28. The lowest BCUT2D eigenvalue weighted by Gasteiger charge is -2.32. The SMILES string of the molecule is c1cc2sc(N3CCC(N4CCOCC4)C3)nc2cn1. The topological polar surface area (TPSA) is 41.5 Å². The fraction of sp³-hybridized carbons (Fsp3) is 0.571. The van der Waals surface area contributed by atoms with Gasteiger partial charge < -0.3 is 9.64 Å². The van der Waals surface area contributed by atoms with Gasteiger partial charge in [-0.3, -0.25) is 9.88 Å². The Morgan fingerprint density at radius 3 is 3.00 bits per heavy atom. The van der Waals surface area contributed by atoms with Gasteiger partial charge in [-0.05, 0) is 12.5 Å². The molecule has 0 N–H and O–H groups in total. The molecule has 0 spiro atoms. The van der Waals surface area contributed by atoms with Gasteiger partial charge in [-0.1, -0.05) is 11.3 Å². The quantitative estimate of drug-likeness (QED) is 0.840. The normalized spacial score (nSPS) is 24.6. The molecule has 2 aromatic heterocycles. The zero-order valence-corrected chi connectivity index (χ0v) is 12.2. The Balaban J connectivity index is 1.49. The molecule has 0 aromatic carbocycles. The van der Waals surface area contributed by atoms with Gasteiger partial charge in [0.05, 0.1) is 24.1 Å². The maximum Gasteiger partial charge on any atom is 0.186 e. The molecule has 2 aliphatic heterocycles. The summed E-state index contributed by atoms with van der Waals surface area (Å²) in [4.78, 5) is 13.8.